The molecular weight excluding hydrogens is 828 g/mol. The van der Waals surface area contributed by atoms with Gasteiger partial charge in [0, 0.05) is 51.2 Å². The van der Waals surface area contributed by atoms with Crippen molar-refractivity contribution in [2.24, 2.45) is 0 Å². The van der Waals surface area contributed by atoms with Crippen LogP contribution in [0.25, 0.3) is 28.3 Å². The lowest BCUT2D eigenvalue weighted by Crippen LogP contribution is -2.19. The van der Waals surface area contributed by atoms with E-state index in [0.29, 0.717) is 11.8 Å². The molecule has 0 unspecified atom stereocenters. The third kappa shape index (κ3) is 9.49. The number of hydrogen-bond donors (Lipinski definition) is 1. The van der Waals surface area contributed by atoms with Gasteiger partial charge in [0.2, 0.25) is 0 Å². The Hall–Kier alpha value is -8.62. The van der Waals surface area contributed by atoms with Crippen LogP contribution < -0.4 is 14.7 Å². The van der Waals surface area contributed by atoms with Crippen LogP contribution >= 0.6 is 0 Å². The van der Waals surface area contributed by atoms with E-state index in [4.69, 9.17) is 0 Å². The first-order valence-electron chi connectivity index (χ1n) is 21.3. The minimum Gasteiger partial charge on any atom is -0.478 e. The lowest BCUT2D eigenvalue weighted by Gasteiger charge is -2.26. The molecule has 0 saturated heterocycles. The first kappa shape index (κ1) is 42.7. The van der Waals surface area contributed by atoms with E-state index in [1.54, 1.807) is 12.1 Å². The molecule has 0 heterocycles. The van der Waals surface area contributed by atoms with Crippen LogP contribution in [0.4, 0.5) is 64.4 Å². The number of benzene rings is 9. The topological polar surface area (TPSA) is 47.0 Å². The van der Waals surface area contributed by atoms with Crippen LogP contribution in [-0.2, 0) is 4.79 Å². The Morgan fingerprint density at radius 2 is 0.545 bits per heavy atom. The van der Waals surface area contributed by atoms with Crippen molar-refractivity contribution in [1.82, 2.24) is 0 Å². The minimum atomic E-state index is -5.01. The number of anilines is 9. The zero-order chi connectivity index (χ0) is 45.5. The van der Waals surface area contributed by atoms with Gasteiger partial charge in [-0.15, -0.1) is 0 Å². The highest BCUT2D eigenvalue weighted by molar-refractivity contribution is 5.94. The molecule has 0 aromatic heterocycles. The highest BCUT2D eigenvalue weighted by atomic mass is 19.4. The van der Waals surface area contributed by atoms with Gasteiger partial charge in [0.25, 0.3) is 0 Å². The highest BCUT2D eigenvalue weighted by Gasteiger charge is 2.38. The normalized spacial score (nSPS) is 11.5. The van der Waals surface area contributed by atoms with Crippen molar-refractivity contribution >= 4 is 63.2 Å². The van der Waals surface area contributed by atoms with Gasteiger partial charge in [-0.1, -0.05) is 133 Å². The number of carbonyl (C=O) groups is 1. The molecule has 0 fully saturated rings. The van der Waals surface area contributed by atoms with Crippen molar-refractivity contribution in [2.45, 2.75) is 6.18 Å². The summed E-state index contributed by atoms with van der Waals surface area (Å²) in [7, 11) is 0. The van der Waals surface area contributed by atoms with E-state index in [2.05, 4.69) is 107 Å². The highest BCUT2D eigenvalue weighted by Crippen LogP contribution is 2.40. The summed E-state index contributed by atoms with van der Waals surface area (Å²) in [6.45, 7) is 0. The summed E-state index contributed by atoms with van der Waals surface area (Å²) in [5.41, 5.74) is 11.1. The molecule has 8 heteroatoms. The SMILES string of the molecule is O=C(O)/C(=C/c1ccc(N(c2ccc(-c3ccc(N(c4ccccc4)c4ccccc4)cc3)cc2)c2ccc(-c3ccc(N(c4ccccc4)c4ccccc4)cc3)cc2)cc1)C(F)(F)F. The smallest absolute Gasteiger partial charge is 0.423 e. The van der Waals surface area contributed by atoms with Gasteiger partial charge in [-0.25, -0.2) is 4.79 Å². The average Bonchev–Trinajstić information content (AvgIpc) is 3.36. The molecule has 0 amide bonds. The molecule has 0 radical (unpaired) electrons. The summed E-state index contributed by atoms with van der Waals surface area (Å²) in [4.78, 5) is 17.9. The molecule has 1 N–H and O–H groups in total. The molecule has 0 aliphatic heterocycles. The predicted molar refractivity (Wildman–Crippen MR) is 263 cm³/mol. The maximum absolute atomic E-state index is 13.5. The molecule has 9 aromatic carbocycles. The molecule has 0 spiro atoms. The van der Waals surface area contributed by atoms with Gasteiger partial charge < -0.3 is 19.8 Å². The van der Waals surface area contributed by atoms with E-state index >= 15 is 0 Å². The van der Waals surface area contributed by atoms with Crippen LogP contribution in [0.15, 0.2) is 248 Å². The standard InChI is InChI=1S/C58H42F3N3O2/c59-58(60,61)56(57(65)66)41-42-21-31-51(32-22-42)64(54-37-27-45(28-38-54)43-23-33-52(34-24-43)62(47-13-5-1-6-14-47)48-15-7-2-8-16-48)55-39-29-46(30-40-55)44-25-35-53(36-26-44)63(49-17-9-3-10-18-49)50-19-11-4-12-20-50/h1-41H,(H,65,66)/b56-41-. The van der Waals surface area contributed by atoms with E-state index < -0.39 is 17.7 Å². The second-order valence-corrected chi connectivity index (χ2v) is 15.5. The van der Waals surface area contributed by atoms with Crippen LogP contribution in [0.1, 0.15) is 5.56 Å². The molecule has 0 aliphatic carbocycles. The van der Waals surface area contributed by atoms with Crippen LogP contribution in [0, 0.1) is 0 Å². The van der Waals surface area contributed by atoms with E-state index in [9.17, 15) is 23.1 Å². The number of nitrogens with zero attached hydrogens (tertiary/aromatic N) is 3. The van der Waals surface area contributed by atoms with Crippen LogP contribution in [0.2, 0.25) is 0 Å². The van der Waals surface area contributed by atoms with Crippen LogP contribution in [-0.4, -0.2) is 17.3 Å². The summed E-state index contributed by atoms with van der Waals surface area (Å²) in [6, 6.07) is 80.4. The maximum atomic E-state index is 13.5. The summed E-state index contributed by atoms with van der Waals surface area (Å²) < 4.78 is 40.6. The predicted octanol–water partition coefficient (Wildman–Crippen LogP) is 16.5. The summed E-state index contributed by atoms with van der Waals surface area (Å²) >= 11 is 0. The molecule has 0 saturated carbocycles. The summed E-state index contributed by atoms with van der Waals surface area (Å²) in [6.07, 6.45) is -4.36. The van der Waals surface area contributed by atoms with Crippen molar-refractivity contribution in [2.75, 3.05) is 14.7 Å². The largest absolute Gasteiger partial charge is 0.478 e. The van der Waals surface area contributed by atoms with Crippen molar-refractivity contribution in [3.05, 3.63) is 254 Å². The van der Waals surface area contributed by atoms with Crippen molar-refractivity contribution in [3.8, 4) is 22.3 Å². The maximum Gasteiger partial charge on any atom is 0.423 e. The molecule has 9 aromatic rings. The minimum absolute atomic E-state index is 0.113. The van der Waals surface area contributed by atoms with Gasteiger partial charge in [0.15, 0.2) is 0 Å². The monoisotopic (exact) mass is 869 g/mol. The number of hydrogen-bond acceptors (Lipinski definition) is 4. The number of halogens is 3. The first-order valence-corrected chi connectivity index (χ1v) is 21.3. The van der Waals surface area contributed by atoms with Gasteiger partial charge in [-0.3, -0.25) is 0 Å². The Balaban J connectivity index is 1.02. The number of rotatable bonds is 13. The fraction of sp³-hybridized carbons (Fsp3) is 0.0172. The Morgan fingerprint density at radius 1 is 0.333 bits per heavy atom. The molecule has 0 aliphatic rings. The Labute approximate surface area is 381 Å². The Kier molecular flexibility index (Phi) is 12.3. The number of carboxylic acid groups (broad SMARTS) is 1. The zero-order valence-corrected chi connectivity index (χ0v) is 35.5. The van der Waals surface area contributed by atoms with Gasteiger partial charge in [0.1, 0.15) is 5.57 Å². The van der Waals surface area contributed by atoms with Gasteiger partial charge in [-0.2, -0.15) is 13.2 Å². The van der Waals surface area contributed by atoms with E-state index in [1.807, 2.05) is 126 Å². The molecule has 322 valence electrons. The summed E-state index contributed by atoms with van der Waals surface area (Å²) in [5, 5.41) is 9.28. The lowest BCUT2D eigenvalue weighted by atomic mass is 10.0. The lowest BCUT2D eigenvalue weighted by molar-refractivity contribution is -0.144. The zero-order valence-electron chi connectivity index (χ0n) is 35.5. The van der Waals surface area contributed by atoms with Crippen LogP contribution in [0.5, 0.6) is 0 Å². The molecule has 66 heavy (non-hydrogen) atoms. The van der Waals surface area contributed by atoms with E-state index in [1.165, 1.54) is 12.1 Å². The quantitative estimate of drug-likeness (QED) is 0.117. The molecule has 5 nitrogen and oxygen atoms in total. The first-order chi connectivity index (χ1) is 32.2. The number of alkyl halides is 3. The second kappa shape index (κ2) is 19.0. The fourth-order valence-corrected chi connectivity index (χ4v) is 8.01. The van der Waals surface area contributed by atoms with Crippen molar-refractivity contribution < 1.29 is 23.1 Å². The third-order valence-corrected chi connectivity index (χ3v) is 11.2. The van der Waals surface area contributed by atoms with Crippen molar-refractivity contribution in [1.29, 1.82) is 0 Å². The Morgan fingerprint density at radius 3 is 0.758 bits per heavy atom. The summed E-state index contributed by atoms with van der Waals surface area (Å²) in [5.74, 6) is -2.04. The fourth-order valence-electron chi connectivity index (χ4n) is 8.01. The number of aliphatic carboxylic acids is 1. The number of carboxylic acids is 1. The Bertz CT molecular complexity index is 2790. The van der Waals surface area contributed by atoms with Gasteiger partial charge in [0.05, 0.1) is 0 Å². The number of para-hydroxylation sites is 4. The third-order valence-electron chi connectivity index (χ3n) is 11.2. The molecule has 9 rings (SSSR count). The molecular formula is C58H42F3N3O2. The molecule has 0 atom stereocenters. The second-order valence-electron chi connectivity index (χ2n) is 15.5. The van der Waals surface area contributed by atoms with Crippen molar-refractivity contribution in [3.63, 3.8) is 0 Å². The van der Waals surface area contributed by atoms with Gasteiger partial charge >= 0.3 is 12.1 Å². The van der Waals surface area contributed by atoms with E-state index in [-0.39, 0.29) is 5.56 Å². The van der Waals surface area contributed by atoms with E-state index in [0.717, 1.165) is 67.8 Å². The average molecular weight is 870 g/mol. The van der Waals surface area contributed by atoms with Crippen LogP contribution in [0.3, 0.4) is 0 Å². The van der Waals surface area contributed by atoms with Gasteiger partial charge in [-0.05, 0) is 143 Å². The molecule has 0 bridgehead atoms.